The van der Waals surface area contributed by atoms with E-state index in [1.807, 2.05) is 38.1 Å². The van der Waals surface area contributed by atoms with E-state index in [0.717, 1.165) is 11.1 Å². The zero-order valence-corrected chi connectivity index (χ0v) is 15.2. The molecule has 0 saturated carbocycles. The van der Waals surface area contributed by atoms with Crippen molar-refractivity contribution >= 4 is 12.0 Å². The van der Waals surface area contributed by atoms with Crippen LogP contribution in [0.2, 0.25) is 0 Å². The molecule has 2 atom stereocenters. The van der Waals surface area contributed by atoms with Gasteiger partial charge in [-0.15, -0.1) is 6.58 Å². The first-order chi connectivity index (χ1) is 11.1. The van der Waals surface area contributed by atoms with E-state index in [1.165, 1.54) is 0 Å². The van der Waals surface area contributed by atoms with Crippen molar-refractivity contribution in [2.45, 2.75) is 58.7 Å². The van der Waals surface area contributed by atoms with Gasteiger partial charge in [0.05, 0.1) is 6.04 Å². The maximum atomic E-state index is 12.5. The van der Waals surface area contributed by atoms with Gasteiger partial charge < -0.3 is 15.4 Å². The average Bonchev–Trinajstić information content (AvgIpc) is 2.45. The Hall–Kier alpha value is -2.30. The first-order valence-corrected chi connectivity index (χ1v) is 8.10. The van der Waals surface area contributed by atoms with Crippen LogP contribution in [0.3, 0.4) is 0 Å². The molecule has 0 radical (unpaired) electrons. The van der Waals surface area contributed by atoms with Crippen molar-refractivity contribution in [1.82, 2.24) is 10.6 Å². The Kier molecular flexibility index (Phi) is 7.01. The lowest BCUT2D eigenvalue weighted by Crippen LogP contribution is -2.48. The number of aryl methyl sites for hydroxylation is 1. The second-order valence-electron chi connectivity index (χ2n) is 6.81. The largest absolute Gasteiger partial charge is 0.444 e. The molecular formula is C19H28N2O3. The fourth-order valence-electron chi connectivity index (χ4n) is 2.31. The van der Waals surface area contributed by atoms with E-state index in [9.17, 15) is 9.59 Å². The van der Waals surface area contributed by atoms with Gasteiger partial charge in [0.15, 0.2) is 0 Å². The Balaban J connectivity index is 2.74. The first-order valence-electron chi connectivity index (χ1n) is 8.10. The number of nitrogens with one attached hydrogen (secondary N) is 2. The van der Waals surface area contributed by atoms with Gasteiger partial charge in [0.25, 0.3) is 0 Å². The maximum Gasteiger partial charge on any atom is 0.408 e. The van der Waals surface area contributed by atoms with E-state index in [1.54, 1.807) is 26.8 Å². The highest BCUT2D eigenvalue weighted by atomic mass is 16.6. The van der Waals surface area contributed by atoms with Crippen LogP contribution in [0.5, 0.6) is 0 Å². The molecule has 0 aliphatic heterocycles. The standard InChI is InChI=1S/C19H28N2O3/c1-7-10-16(21-18(23)24-19(4,5)6)17(22)20-14(3)15-12-9-8-11-13(15)2/h7-9,11-12,14,16H,1,10H2,2-6H3,(H,20,22)(H,21,23)/t14?,16-/m0/s1. The van der Waals surface area contributed by atoms with E-state index in [4.69, 9.17) is 4.74 Å². The lowest BCUT2D eigenvalue weighted by molar-refractivity contribution is -0.123. The number of rotatable bonds is 6. The minimum Gasteiger partial charge on any atom is -0.444 e. The molecule has 132 valence electrons. The van der Waals surface area contributed by atoms with Crippen LogP contribution in [-0.2, 0) is 9.53 Å². The third-order valence-corrected chi connectivity index (χ3v) is 3.42. The molecule has 0 spiro atoms. The third kappa shape index (κ3) is 6.44. The van der Waals surface area contributed by atoms with Crippen molar-refractivity contribution in [3.05, 3.63) is 48.0 Å². The highest BCUT2D eigenvalue weighted by molar-refractivity contribution is 5.86. The molecule has 1 aromatic carbocycles. The number of carbonyl (C=O) groups excluding carboxylic acids is 2. The van der Waals surface area contributed by atoms with Crippen LogP contribution in [0, 0.1) is 6.92 Å². The van der Waals surface area contributed by atoms with Crippen LogP contribution in [-0.4, -0.2) is 23.6 Å². The number of benzene rings is 1. The van der Waals surface area contributed by atoms with Gasteiger partial charge in [0.1, 0.15) is 11.6 Å². The van der Waals surface area contributed by atoms with Gasteiger partial charge in [-0.25, -0.2) is 4.79 Å². The molecule has 0 saturated heterocycles. The van der Waals surface area contributed by atoms with Crippen LogP contribution < -0.4 is 10.6 Å². The lowest BCUT2D eigenvalue weighted by atomic mass is 10.0. The zero-order valence-electron chi connectivity index (χ0n) is 15.2. The van der Waals surface area contributed by atoms with Crippen molar-refractivity contribution in [3.8, 4) is 0 Å². The van der Waals surface area contributed by atoms with Gasteiger partial charge >= 0.3 is 6.09 Å². The third-order valence-electron chi connectivity index (χ3n) is 3.42. The lowest BCUT2D eigenvalue weighted by Gasteiger charge is -2.24. The fourth-order valence-corrected chi connectivity index (χ4v) is 2.31. The number of amides is 2. The number of hydrogen-bond donors (Lipinski definition) is 2. The van der Waals surface area contributed by atoms with Gasteiger partial charge in [-0.1, -0.05) is 30.3 Å². The smallest absolute Gasteiger partial charge is 0.408 e. The molecule has 5 nitrogen and oxygen atoms in total. The molecule has 1 unspecified atom stereocenters. The van der Waals surface area contributed by atoms with Crippen LogP contribution in [0.25, 0.3) is 0 Å². The monoisotopic (exact) mass is 332 g/mol. The van der Waals surface area contributed by atoms with E-state index >= 15 is 0 Å². The number of alkyl carbamates (subject to hydrolysis) is 1. The number of hydrogen-bond acceptors (Lipinski definition) is 3. The molecule has 2 N–H and O–H groups in total. The second-order valence-corrected chi connectivity index (χ2v) is 6.81. The molecule has 5 heteroatoms. The summed E-state index contributed by atoms with van der Waals surface area (Å²) in [5.41, 5.74) is 1.53. The fraction of sp³-hybridized carbons (Fsp3) is 0.474. The Bertz CT molecular complexity index is 591. The Morgan fingerprint density at radius 3 is 2.42 bits per heavy atom. The molecule has 24 heavy (non-hydrogen) atoms. The van der Waals surface area contributed by atoms with E-state index in [2.05, 4.69) is 17.2 Å². The van der Waals surface area contributed by atoms with Gasteiger partial charge in [0.2, 0.25) is 5.91 Å². The molecule has 0 aliphatic carbocycles. The predicted octanol–water partition coefficient (Wildman–Crippen LogP) is 3.64. The summed E-state index contributed by atoms with van der Waals surface area (Å²) in [6.07, 6.45) is 1.30. The summed E-state index contributed by atoms with van der Waals surface area (Å²) in [5, 5.41) is 5.53. The number of carbonyl (C=O) groups is 2. The van der Waals surface area contributed by atoms with Crippen molar-refractivity contribution < 1.29 is 14.3 Å². The quantitative estimate of drug-likeness (QED) is 0.782. The van der Waals surface area contributed by atoms with Gasteiger partial charge in [-0.05, 0) is 52.2 Å². The van der Waals surface area contributed by atoms with Crippen molar-refractivity contribution in [2.24, 2.45) is 0 Å². The molecule has 1 aromatic rings. The van der Waals surface area contributed by atoms with E-state index in [-0.39, 0.29) is 11.9 Å². The van der Waals surface area contributed by atoms with Crippen LogP contribution >= 0.6 is 0 Å². The predicted molar refractivity (Wildman–Crippen MR) is 95.7 cm³/mol. The maximum absolute atomic E-state index is 12.5. The molecule has 1 rings (SSSR count). The summed E-state index contributed by atoms with van der Waals surface area (Å²) in [6, 6.07) is 6.99. The summed E-state index contributed by atoms with van der Waals surface area (Å²) < 4.78 is 5.21. The summed E-state index contributed by atoms with van der Waals surface area (Å²) in [5.74, 6) is -0.267. The first kappa shape index (κ1) is 19.7. The van der Waals surface area contributed by atoms with Gasteiger partial charge in [-0.2, -0.15) is 0 Å². The summed E-state index contributed by atoms with van der Waals surface area (Å²) in [6.45, 7) is 12.9. The summed E-state index contributed by atoms with van der Waals surface area (Å²) in [7, 11) is 0. The van der Waals surface area contributed by atoms with Crippen LogP contribution in [0.15, 0.2) is 36.9 Å². The molecule has 0 aliphatic rings. The van der Waals surface area contributed by atoms with Gasteiger partial charge in [-0.3, -0.25) is 4.79 Å². The minimum atomic E-state index is -0.719. The summed E-state index contributed by atoms with van der Waals surface area (Å²) >= 11 is 0. The SMILES string of the molecule is C=CC[C@H](NC(=O)OC(C)(C)C)C(=O)NC(C)c1ccccc1C. The molecule has 0 aromatic heterocycles. The Morgan fingerprint density at radius 1 is 1.25 bits per heavy atom. The van der Waals surface area contributed by atoms with Gasteiger partial charge in [0, 0.05) is 0 Å². The molecule has 2 amide bonds. The molecule has 0 bridgehead atoms. The van der Waals surface area contributed by atoms with E-state index < -0.39 is 17.7 Å². The van der Waals surface area contributed by atoms with Crippen molar-refractivity contribution in [3.63, 3.8) is 0 Å². The van der Waals surface area contributed by atoms with E-state index in [0.29, 0.717) is 6.42 Å². The normalized spacial score (nSPS) is 13.5. The zero-order chi connectivity index (χ0) is 18.3. The Morgan fingerprint density at radius 2 is 1.88 bits per heavy atom. The highest BCUT2D eigenvalue weighted by Crippen LogP contribution is 2.17. The highest BCUT2D eigenvalue weighted by Gasteiger charge is 2.24. The molecular weight excluding hydrogens is 304 g/mol. The number of ether oxygens (including phenoxy) is 1. The van der Waals surface area contributed by atoms with Crippen LogP contribution in [0.1, 0.15) is 51.3 Å². The Labute approximate surface area is 144 Å². The van der Waals surface area contributed by atoms with Crippen molar-refractivity contribution in [1.29, 1.82) is 0 Å². The second kappa shape index (κ2) is 8.52. The summed E-state index contributed by atoms with van der Waals surface area (Å²) in [4.78, 5) is 24.4. The average molecular weight is 332 g/mol. The topological polar surface area (TPSA) is 67.4 Å². The van der Waals surface area contributed by atoms with Crippen molar-refractivity contribution in [2.75, 3.05) is 0 Å². The molecule has 0 fully saturated rings. The van der Waals surface area contributed by atoms with Crippen LogP contribution in [0.4, 0.5) is 4.79 Å². The molecule has 0 heterocycles. The minimum absolute atomic E-state index is 0.161.